The van der Waals surface area contributed by atoms with Gasteiger partial charge in [-0.25, -0.2) is 14.6 Å². The van der Waals surface area contributed by atoms with Crippen LogP contribution in [0, 0.1) is 11.8 Å². The second-order valence-electron chi connectivity index (χ2n) is 6.86. The first kappa shape index (κ1) is 23.3. The number of hydrogen-bond acceptors (Lipinski definition) is 11. The van der Waals surface area contributed by atoms with E-state index in [4.69, 9.17) is 4.74 Å². The summed E-state index contributed by atoms with van der Waals surface area (Å²) in [6.07, 6.45) is -0.101. The van der Waals surface area contributed by atoms with Crippen LogP contribution >= 0.6 is 23.1 Å². The minimum atomic E-state index is -1.00. The van der Waals surface area contributed by atoms with Crippen LogP contribution in [0.25, 0.3) is 6.08 Å². The minimum absolute atomic E-state index is 0.0641. The molecule has 2 N–H and O–H groups in total. The predicted molar refractivity (Wildman–Crippen MR) is 111 cm³/mol. The Morgan fingerprint density at radius 2 is 2.16 bits per heavy atom. The van der Waals surface area contributed by atoms with Crippen molar-refractivity contribution in [2.24, 2.45) is 11.8 Å². The number of thiazole rings is 1. The van der Waals surface area contributed by atoms with Gasteiger partial charge in [-0.05, 0) is 18.4 Å². The number of nitrogens with zero attached hydrogens (tertiary/aromatic N) is 2. The van der Waals surface area contributed by atoms with Crippen molar-refractivity contribution in [3.8, 4) is 0 Å². The van der Waals surface area contributed by atoms with Gasteiger partial charge in [-0.3, -0.25) is 4.79 Å². The van der Waals surface area contributed by atoms with Gasteiger partial charge in [0, 0.05) is 10.8 Å². The summed E-state index contributed by atoms with van der Waals surface area (Å²) < 4.78 is 13.9. The van der Waals surface area contributed by atoms with E-state index in [1.165, 1.54) is 28.0 Å². The number of aromatic nitrogens is 1. The number of aliphatic hydroxyl groups is 2. The van der Waals surface area contributed by atoms with Gasteiger partial charge in [-0.15, -0.1) is 11.3 Å². The number of amides is 1. The number of aliphatic hydroxyl groups excluding tert-OH is 2. The Kier molecular flexibility index (Phi) is 7.36. The molecule has 3 rings (SSSR count). The van der Waals surface area contributed by atoms with E-state index in [0.717, 1.165) is 12.0 Å². The summed E-state index contributed by atoms with van der Waals surface area (Å²) in [4.78, 5) is 43.2. The second-order valence-corrected chi connectivity index (χ2v) is 8.69. The number of carbonyl (C=O) groups excluding carboxylic acids is 3. The lowest BCUT2D eigenvalue weighted by Gasteiger charge is -2.46. The molecule has 2 aliphatic heterocycles. The number of methoxy groups -OCH3 is 1. The lowest BCUT2D eigenvalue weighted by atomic mass is 9.79. The maximum atomic E-state index is 12.7. The molecular weight excluding hydrogens is 448 g/mol. The Labute approximate surface area is 186 Å². The van der Waals surface area contributed by atoms with Gasteiger partial charge in [0.25, 0.3) is 0 Å². The van der Waals surface area contributed by atoms with Gasteiger partial charge in [-0.1, -0.05) is 18.7 Å². The minimum Gasteiger partial charge on any atom is -0.438 e. The number of hydrogen-bond donors (Lipinski definition) is 2. The Hall–Kier alpha value is -2.41. The van der Waals surface area contributed by atoms with Crippen molar-refractivity contribution in [1.29, 1.82) is 0 Å². The lowest BCUT2D eigenvalue weighted by molar-refractivity contribution is -0.166. The molecule has 1 aromatic heterocycles. The normalized spacial score (nSPS) is 23.6. The standard InChI is InChI=1S/C19H22N2O8S2/c1-9-14-13(10(2)23)17(24)21(14)15(18(25)28-8-29-19(26)27-3)16(9)30-5-4-12-11(6-22)20-7-31-12/h4-5,7,9-10,13-14,22-23H,6,8H2,1-3H3/t9-,10-,13-,14-/m1/s1. The SMILES string of the molecule is COC(=O)OCOC(=O)C1=C(SC=Cc2scnc2CO)[C@H](C)[C@@H]2[C@@H]([C@@H](C)O)C(=O)N12. The van der Waals surface area contributed by atoms with Crippen molar-refractivity contribution in [3.05, 3.63) is 32.1 Å². The lowest BCUT2D eigenvalue weighted by Crippen LogP contribution is -2.63. The van der Waals surface area contributed by atoms with Crippen LogP contribution in [0.1, 0.15) is 24.4 Å². The number of esters is 1. The molecule has 31 heavy (non-hydrogen) atoms. The van der Waals surface area contributed by atoms with E-state index in [0.29, 0.717) is 10.6 Å². The molecule has 1 saturated heterocycles. The predicted octanol–water partition coefficient (Wildman–Crippen LogP) is 1.69. The zero-order valence-electron chi connectivity index (χ0n) is 17.0. The maximum absolute atomic E-state index is 12.7. The average molecular weight is 471 g/mol. The van der Waals surface area contributed by atoms with Crippen molar-refractivity contribution >= 4 is 47.2 Å². The molecule has 0 radical (unpaired) electrons. The van der Waals surface area contributed by atoms with Crippen LogP contribution < -0.4 is 0 Å². The van der Waals surface area contributed by atoms with E-state index >= 15 is 0 Å². The number of carbonyl (C=O) groups is 3. The van der Waals surface area contributed by atoms with Gasteiger partial charge in [0.2, 0.25) is 12.7 Å². The smallest absolute Gasteiger partial charge is 0.438 e. The largest absolute Gasteiger partial charge is 0.510 e. The molecule has 4 atom stereocenters. The van der Waals surface area contributed by atoms with Crippen LogP contribution in [-0.4, -0.2) is 64.2 Å². The molecule has 0 saturated carbocycles. The number of β-lactam (4-membered cyclic amide) rings is 1. The van der Waals surface area contributed by atoms with Gasteiger partial charge in [-0.2, -0.15) is 0 Å². The van der Waals surface area contributed by atoms with E-state index in [1.54, 1.807) is 23.9 Å². The second kappa shape index (κ2) is 9.81. The number of thioether (sulfide) groups is 1. The summed E-state index contributed by atoms with van der Waals surface area (Å²) in [5.41, 5.74) is 2.23. The number of rotatable bonds is 8. The molecule has 0 bridgehead atoms. The molecule has 1 aromatic rings. The van der Waals surface area contributed by atoms with Gasteiger partial charge >= 0.3 is 12.1 Å². The van der Waals surface area contributed by atoms with Crippen LogP contribution in [0.2, 0.25) is 0 Å². The van der Waals surface area contributed by atoms with Crippen LogP contribution in [0.4, 0.5) is 4.79 Å². The molecule has 1 fully saturated rings. The van der Waals surface area contributed by atoms with E-state index < -0.39 is 30.9 Å². The quantitative estimate of drug-likeness (QED) is 0.328. The molecule has 0 aliphatic carbocycles. The maximum Gasteiger partial charge on any atom is 0.510 e. The third-order valence-corrected chi connectivity index (χ3v) is 7.00. The fourth-order valence-electron chi connectivity index (χ4n) is 3.63. The Morgan fingerprint density at radius 3 is 2.81 bits per heavy atom. The molecule has 0 spiro atoms. The monoisotopic (exact) mass is 470 g/mol. The van der Waals surface area contributed by atoms with Gasteiger partial charge < -0.3 is 29.3 Å². The first-order valence-corrected chi connectivity index (χ1v) is 11.1. The molecule has 0 unspecified atom stereocenters. The zero-order valence-corrected chi connectivity index (χ0v) is 18.6. The summed E-state index contributed by atoms with van der Waals surface area (Å²) in [6, 6.07) is -0.371. The highest BCUT2D eigenvalue weighted by Gasteiger charge is 2.60. The molecule has 3 heterocycles. The fourth-order valence-corrected chi connectivity index (χ4v) is 5.41. The highest BCUT2D eigenvalue weighted by molar-refractivity contribution is 8.06. The summed E-state index contributed by atoms with van der Waals surface area (Å²) in [5.74, 6) is -2.03. The summed E-state index contributed by atoms with van der Waals surface area (Å²) in [7, 11) is 1.12. The molecule has 10 nitrogen and oxygen atoms in total. The van der Waals surface area contributed by atoms with Crippen molar-refractivity contribution < 1.29 is 38.8 Å². The zero-order chi connectivity index (χ0) is 22.7. The first-order chi connectivity index (χ1) is 14.8. The Morgan fingerprint density at radius 1 is 1.42 bits per heavy atom. The van der Waals surface area contributed by atoms with E-state index in [2.05, 4.69) is 14.5 Å². The number of ether oxygens (including phenoxy) is 3. The molecular formula is C19H22N2O8S2. The van der Waals surface area contributed by atoms with Crippen LogP contribution in [0.15, 0.2) is 21.5 Å². The van der Waals surface area contributed by atoms with Crippen molar-refractivity contribution in [3.63, 3.8) is 0 Å². The van der Waals surface area contributed by atoms with Crippen molar-refractivity contribution in [1.82, 2.24) is 9.88 Å². The van der Waals surface area contributed by atoms with Gasteiger partial charge in [0.15, 0.2) is 0 Å². The summed E-state index contributed by atoms with van der Waals surface area (Å²) in [6.45, 7) is 2.56. The molecule has 168 valence electrons. The summed E-state index contributed by atoms with van der Waals surface area (Å²) >= 11 is 2.60. The highest BCUT2D eigenvalue weighted by atomic mass is 32.2. The Bertz CT molecular complexity index is 926. The average Bonchev–Trinajstić information content (AvgIpc) is 3.28. The third kappa shape index (κ3) is 4.47. The molecule has 12 heteroatoms. The van der Waals surface area contributed by atoms with E-state index in [9.17, 15) is 24.6 Å². The third-order valence-electron chi connectivity index (χ3n) is 5.07. The fraction of sp³-hybridized carbons (Fsp3) is 0.474. The van der Waals surface area contributed by atoms with Crippen molar-refractivity contribution in [2.75, 3.05) is 13.9 Å². The Balaban J connectivity index is 1.82. The topological polar surface area (TPSA) is 135 Å². The van der Waals surface area contributed by atoms with E-state index in [1.807, 2.05) is 6.92 Å². The van der Waals surface area contributed by atoms with Gasteiger partial charge in [0.05, 0.1) is 47.9 Å². The first-order valence-electron chi connectivity index (χ1n) is 9.31. The summed E-state index contributed by atoms with van der Waals surface area (Å²) in [5, 5.41) is 21.1. The van der Waals surface area contributed by atoms with Crippen LogP contribution in [-0.2, 0) is 30.4 Å². The number of fused-ring (bicyclic) bond motifs is 1. The van der Waals surface area contributed by atoms with Crippen LogP contribution in [0.3, 0.4) is 0 Å². The highest BCUT2D eigenvalue weighted by Crippen LogP contribution is 2.51. The molecule has 0 aromatic carbocycles. The van der Waals surface area contributed by atoms with Crippen molar-refractivity contribution in [2.45, 2.75) is 32.6 Å². The van der Waals surface area contributed by atoms with Gasteiger partial charge in [0.1, 0.15) is 5.70 Å². The molecule has 1 amide bonds. The molecule has 2 aliphatic rings. The van der Waals surface area contributed by atoms with E-state index in [-0.39, 0.29) is 30.2 Å². The van der Waals surface area contributed by atoms with Crippen LogP contribution in [0.5, 0.6) is 0 Å².